The van der Waals surface area contributed by atoms with Crippen molar-refractivity contribution in [2.75, 3.05) is 0 Å². The summed E-state index contributed by atoms with van der Waals surface area (Å²) in [5, 5.41) is 21.7. The minimum Gasteiger partial charge on any atom is -0.481 e. The molecular formula is C37H64O4. The Morgan fingerprint density at radius 3 is 2.00 bits per heavy atom. The molecule has 0 amide bonds. The van der Waals surface area contributed by atoms with Gasteiger partial charge < -0.3 is 10.2 Å². The van der Waals surface area contributed by atoms with Gasteiger partial charge in [-0.05, 0) is 91.9 Å². The van der Waals surface area contributed by atoms with Crippen LogP contribution in [0.4, 0.5) is 0 Å². The number of aliphatic hydroxyl groups is 1. The van der Waals surface area contributed by atoms with Crippen molar-refractivity contribution in [1.29, 1.82) is 0 Å². The summed E-state index contributed by atoms with van der Waals surface area (Å²) in [7, 11) is 0. The van der Waals surface area contributed by atoms with Crippen molar-refractivity contribution >= 4 is 11.8 Å². The number of hydrogen-bond donors (Lipinski definition) is 2. The molecule has 4 heteroatoms. The number of ketones is 1. The van der Waals surface area contributed by atoms with E-state index in [9.17, 15) is 19.8 Å². The number of aliphatic carboxylic acids is 1. The van der Waals surface area contributed by atoms with Gasteiger partial charge in [-0.1, -0.05) is 99.8 Å². The van der Waals surface area contributed by atoms with E-state index >= 15 is 0 Å². The largest absolute Gasteiger partial charge is 0.481 e. The summed E-state index contributed by atoms with van der Waals surface area (Å²) in [6.45, 7) is 30.2. The van der Waals surface area contributed by atoms with Crippen LogP contribution in [-0.2, 0) is 9.59 Å². The lowest BCUT2D eigenvalue weighted by Crippen LogP contribution is -2.46. The number of fused-ring (bicyclic) bond motifs is 1. The van der Waals surface area contributed by atoms with Crippen LogP contribution in [0.3, 0.4) is 0 Å². The van der Waals surface area contributed by atoms with E-state index in [0.717, 1.165) is 62.0 Å². The van der Waals surface area contributed by atoms with Crippen LogP contribution >= 0.6 is 0 Å². The molecule has 0 aromatic rings. The van der Waals surface area contributed by atoms with Gasteiger partial charge in [0.05, 0.1) is 12.0 Å². The number of Topliss-reactive ketones (excluding diaryl/α,β-unsaturated/α-hetero) is 1. The molecule has 7 unspecified atom stereocenters. The molecule has 41 heavy (non-hydrogen) atoms. The third kappa shape index (κ3) is 8.80. The smallest absolute Gasteiger partial charge is 0.304 e. The van der Waals surface area contributed by atoms with E-state index in [1.54, 1.807) is 0 Å². The predicted octanol–water partition coefficient (Wildman–Crippen LogP) is 9.51. The van der Waals surface area contributed by atoms with E-state index in [2.05, 4.69) is 68.5 Å². The van der Waals surface area contributed by atoms with Crippen LogP contribution in [0.2, 0.25) is 0 Å². The highest BCUT2D eigenvalue weighted by Gasteiger charge is 2.71. The summed E-state index contributed by atoms with van der Waals surface area (Å²) < 4.78 is 0. The van der Waals surface area contributed by atoms with Crippen molar-refractivity contribution in [3.63, 3.8) is 0 Å². The second-order valence-corrected chi connectivity index (χ2v) is 16.2. The summed E-state index contributed by atoms with van der Waals surface area (Å²) in [5.41, 5.74) is 1.58. The fourth-order valence-corrected chi connectivity index (χ4v) is 7.96. The first-order valence-electron chi connectivity index (χ1n) is 16.6. The van der Waals surface area contributed by atoms with Crippen LogP contribution in [0.5, 0.6) is 0 Å². The maximum Gasteiger partial charge on any atom is 0.304 e. The quantitative estimate of drug-likeness (QED) is 0.228. The van der Waals surface area contributed by atoms with Gasteiger partial charge in [0.1, 0.15) is 5.78 Å². The summed E-state index contributed by atoms with van der Waals surface area (Å²) in [4.78, 5) is 25.8. The standard InChI is InChI=1S/C30H48O4.C7H16/c1-8-12-21(19(4)18(2)3)17-30(7,34)26-23(15-24-27(26)29(24,5)6)28(33)22(16-25(31)32)20-13-10-9-11-14-20;1-6(2)7(3,4)5/h20-24,26-27,34H,2,4,8-17H2,1,3,5-7H3,(H,31,32);6H,1-5H3. The number of hydrogen-bond acceptors (Lipinski definition) is 3. The first-order valence-corrected chi connectivity index (χ1v) is 16.6. The Kier molecular flexibility index (Phi) is 12.1. The average molecular weight is 573 g/mol. The maximum absolute atomic E-state index is 14.1. The SMILES string of the molecule is C=C(C)C(=C)C(CCC)CC(C)(O)C1C(C(=O)C(CC(=O)O)C2CCCCC2)CC2C1C2(C)C.CC(C)C(C)(C)C. The van der Waals surface area contributed by atoms with E-state index in [1.807, 2.05) is 13.8 Å². The molecule has 0 spiro atoms. The lowest BCUT2D eigenvalue weighted by Gasteiger charge is -2.41. The van der Waals surface area contributed by atoms with E-state index in [-0.39, 0.29) is 41.3 Å². The molecule has 236 valence electrons. The molecule has 2 N–H and O–H groups in total. The fraction of sp³-hybridized carbons (Fsp3) is 0.838. The number of carbonyl (C=O) groups excluding carboxylic acids is 1. The molecule has 0 bridgehead atoms. The lowest BCUT2D eigenvalue weighted by atomic mass is 9.65. The average Bonchev–Trinajstić information content (AvgIpc) is 3.18. The molecule has 0 aromatic heterocycles. The van der Waals surface area contributed by atoms with Gasteiger partial charge in [0.2, 0.25) is 0 Å². The molecule has 0 aliphatic heterocycles. The summed E-state index contributed by atoms with van der Waals surface area (Å²) in [5.74, 6) is 0.307. The number of carboxylic acid groups (broad SMARTS) is 1. The number of allylic oxidation sites excluding steroid dienone is 2. The third-order valence-electron chi connectivity index (χ3n) is 11.6. The highest BCUT2D eigenvalue weighted by Crippen LogP contribution is 2.73. The van der Waals surface area contributed by atoms with Gasteiger partial charge in [-0.25, -0.2) is 0 Å². The molecule has 0 aromatic carbocycles. The van der Waals surface area contributed by atoms with Gasteiger partial charge in [0.15, 0.2) is 0 Å². The van der Waals surface area contributed by atoms with Crippen molar-refractivity contribution in [3.8, 4) is 0 Å². The first-order chi connectivity index (χ1) is 18.8. The molecule has 3 aliphatic rings. The van der Waals surface area contributed by atoms with Crippen LogP contribution < -0.4 is 0 Å². The molecule has 7 atom stereocenters. The molecule has 0 radical (unpaired) electrons. The molecule has 3 saturated carbocycles. The van der Waals surface area contributed by atoms with Gasteiger partial charge in [-0.15, -0.1) is 0 Å². The topological polar surface area (TPSA) is 74.6 Å². The Balaban J connectivity index is 0.000000745. The molecule has 3 aliphatic carbocycles. The molecule has 3 fully saturated rings. The van der Waals surface area contributed by atoms with Gasteiger partial charge in [-0.2, -0.15) is 0 Å². The van der Waals surface area contributed by atoms with Gasteiger partial charge in [0.25, 0.3) is 0 Å². The fourth-order valence-electron chi connectivity index (χ4n) is 7.96. The summed E-state index contributed by atoms with van der Waals surface area (Å²) in [6.07, 6.45) is 8.48. The van der Waals surface area contributed by atoms with Crippen molar-refractivity contribution < 1.29 is 19.8 Å². The second-order valence-electron chi connectivity index (χ2n) is 16.2. The Hall–Kier alpha value is -1.42. The highest BCUT2D eigenvalue weighted by atomic mass is 16.4. The van der Waals surface area contributed by atoms with Crippen LogP contribution in [0, 0.1) is 58.2 Å². The third-order valence-corrected chi connectivity index (χ3v) is 11.6. The monoisotopic (exact) mass is 572 g/mol. The van der Waals surface area contributed by atoms with Crippen molar-refractivity contribution in [2.45, 2.75) is 139 Å². The Morgan fingerprint density at radius 2 is 1.56 bits per heavy atom. The normalized spacial score (nSPS) is 28.5. The zero-order chi connectivity index (χ0) is 31.5. The van der Waals surface area contributed by atoms with E-state index in [4.69, 9.17) is 0 Å². The van der Waals surface area contributed by atoms with E-state index < -0.39 is 17.5 Å². The van der Waals surface area contributed by atoms with Crippen LogP contribution in [0.15, 0.2) is 24.3 Å². The maximum atomic E-state index is 14.1. The van der Waals surface area contributed by atoms with Crippen LogP contribution in [0.1, 0.15) is 133 Å². The molecule has 0 heterocycles. The minimum atomic E-state index is -1.01. The van der Waals surface area contributed by atoms with Crippen molar-refractivity contribution in [2.24, 2.45) is 58.2 Å². The second kappa shape index (κ2) is 13.9. The van der Waals surface area contributed by atoms with E-state index in [1.165, 1.54) is 6.42 Å². The lowest BCUT2D eigenvalue weighted by molar-refractivity contribution is -0.145. The Morgan fingerprint density at radius 1 is 1.02 bits per heavy atom. The predicted molar refractivity (Wildman–Crippen MR) is 172 cm³/mol. The number of carboxylic acids is 1. The van der Waals surface area contributed by atoms with Crippen LogP contribution in [-0.4, -0.2) is 27.6 Å². The zero-order valence-corrected chi connectivity index (χ0v) is 28.3. The van der Waals surface area contributed by atoms with Gasteiger partial charge in [-0.3, -0.25) is 9.59 Å². The Bertz CT molecular complexity index is 927. The van der Waals surface area contributed by atoms with Crippen LogP contribution in [0.25, 0.3) is 0 Å². The minimum absolute atomic E-state index is 0.0709. The number of rotatable bonds is 12. The summed E-state index contributed by atoms with van der Waals surface area (Å²) >= 11 is 0. The highest BCUT2D eigenvalue weighted by molar-refractivity contribution is 5.88. The zero-order valence-electron chi connectivity index (χ0n) is 28.3. The molecule has 4 nitrogen and oxygen atoms in total. The molecule has 3 rings (SSSR count). The number of carbonyl (C=O) groups is 2. The Labute approximate surface area is 252 Å². The first kappa shape index (κ1) is 35.8. The molecular weight excluding hydrogens is 508 g/mol. The van der Waals surface area contributed by atoms with E-state index in [0.29, 0.717) is 23.7 Å². The van der Waals surface area contributed by atoms with Crippen molar-refractivity contribution in [1.82, 2.24) is 0 Å². The van der Waals surface area contributed by atoms with Gasteiger partial charge in [0, 0.05) is 17.8 Å². The molecule has 0 saturated heterocycles. The van der Waals surface area contributed by atoms with Gasteiger partial charge >= 0.3 is 5.97 Å². The summed E-state index contributed by atoms with van der Waals surface area (Å²) in [6, 6.07) is 0. The van der Waals surface area contributed by atoms with Crippen molar-refractivity contribution in [3.05, 3.63) is 24.3 Å².